The Balaban J connectivity index is 2.15. The SMILES string of the molecule is CCN(Cn1nc(C(C)(C)C)oc1=S)C1CC1. The lowest BCUT2D eigenvalue weighted by molar-refractivity contribution is 0.203. The molecule has 1 aromatic heterocycles. The summed E-state index contributed by atoms with van der Waals surface area (Å²) in [7, 11) is 0. The van der Waals surface area contributed by atoms with Crippen LogP contribution in [-0.2, 0) is 12.1 Å². The summed E-state index contributed by atoms with van der Waals surface area (Å²) in [4.78, 5) is 2.87. The van der Waals surface area contributed by atoms with Crippen molar-refractivity contribution in [3.8, 4) is 0 Å². The molecule has 0 radical (unpaired) electrons. The zero-order valence-electron chi connectivity index (χ0n) is 11.1. The lowest BCUT2D eigenvalue weighted by atomic mass is 9.97. The predicted molar refractivity (Wildman–Crippen MR) is 69.4 cm³/mol. The van der Waals surface area contributed by atoms with Gasteiger partial charge in [0.25, 0.3) is 4.84 Å². The molecule has 0 unspecified atom stereocenters. The van der Waals surface area contributed by atoms with E-state index in [1.54, 1.807) is 4.68 Å². The zero-order valence-corrected chi connectivity index (χ0v) is 11.9. The minimum Gasteiger partial charge on any atom is -0.413 e. The van der Waals surface area contributed by atoms with Gasteiger partial charge in [0.15, 0.2) is 0 Å². The Kier molecular flexibility index (Phi) is 3.41. The fraction of sp³-hybridized carbons (Fsp3) is 0.833. The van der Waals surface area contributed by atoms with Crippen LogP contribution in [-0.4, -0.2) is 27.3 Å². The van der Waals surface area contributed by atoms with Crippen molar-refractivity contribution in [2.75, 3.05) is 6.54 Å². The zero-order chi connectivity index (χ0) is 12.6. The third kappa shape index (κ3) is 2.96. The maximum Gasteiger partial charge on any atom is 0.288 e. The second kappa shape index (κ2) is 4.53. The smallest absolute Gasteiger partial charge is 0.288 e. The van der Waals surface area contributed by atoms with Crippen molar-refractivity contribution in [3.63, 3.8) is 0 Å². The van der Waals surface area contributed by atoms with Crippen LogP contribution >= 0.6 is 12.2 Å². The lowest BCUT2D eigenvalue weighted by Crippen LogP contribution is -2.29. The molecular formula is C12H21N3OS. The van der Waals surface area contributed by atoms with Gasteiger partial charge in [-0.2, -0.15) is 0 Å². The normalized spacial score (nSPS) is 16.8. The second-order valence-corrected chi connectivity index (χ2v) is 6.05. The summed E-state index contributed by atoms with van der Waals surface area (Å²) in [6.45, 7) is 10.2. The Hall–Kier alpha value is -0.680. The Labute approximate surface area is 108 Å². The van der Waals surface area contributed by atoms with Gasteiger partial charge in [0.1, 0.15) is 0 Å². The molecule has 0 aliphatic heterocycles. The molecular weight excluding hydrogens is 234 g/mol. The highest BCUT2D eigenvalue weighted by Gasteiger charge is 2.29. The predicted octanol–water partition coefficient (Wildman–Crippen LogP) is 2.94. The summed E-state index contributed by atoms with van der Waals surface area (Å²) in [6.07, 6.45) is 2.59. The topological polar surface area (TPSA) is 34.2 Å². The molecule has 0 N–H and O–H groups in total. The first kappa shape index (κ1) is 12.8. The van der Waals surface area contributed by atoms with Crippen molar-refractivity contribution in [2.45, 2.75) is 58.7 Å². The summed E-state index contributed by atoms with van der Waals surface area (Å²) >= 11 is 5.22. The average Bonchev–Trinajstić information content (AvgIpc) is 2.99. The molecule has 0 bridgehead atoms. The fourth-order valence-electron chi connectivity index (χ4n) is 1.78. The molecule has 1 aliphatic rings. The van der Waals surface area contributed by atoms with Gasteiger partial charge in [-0.3, -0.25) is 4.90 Å². The van der Waals surface area contributed by atoms with E-state index in [1.807, 2.05) is 0 Å². The van der Waals surface area contributed by atoms with Gasteiger partial charge in [0, 0.05) is 11.5 Å². The van der Waals surface area contributed by atoms with Gasteiger partial charge in [-0.1, -0.05) is 27.7 Å². The molecule has 0 atom stereocenters. The van der Waals surface area contributed by atoms with Crippen LogP contribution in [0.25, 0.3) is 0 Å². The van der Waals surface area contributed by atoms with Gasteiger partial charge in [-0.25, -0.2) is 4.68 Å². The van der Waals surface area contributed by atoms with E-state index in [0.29, 0.717) is 10.7 Å². The molecule has 0 aromatic carbocycles. The maximum absolute atomic E-state index is 5.56. The van der Waals surface area contributed by atoms with Crippen molar-refractivity contribution in [2.24, 2.45) is 0 Å². The molecule has 0 spiro atoms. The van der Waals surface area contributed by atoms with Gasteiger partial charge in [0.2, 0.25) is 5.89 Å². The largest absolute Gasteiger partial charge is 0.413 e. The highest BCUT2D eigenvalue weighted by Crippen LogP contribution is 2.27. The Morgan fingerprint density at radius 1 is 1.47 bits per heavy atom. The van der Waals surface area contributed by atoms with E-state index >= 15 is 0 Å². The molecule has 0 saturated heterocycles. The molecule has 17 heavy (non-hydrogen) atoms. The van der Waals surface area contributed by atoms with Crippen LogP contribution in [0, 0.1) is 4.84 Å². The van der Waals surface area contributed by atoms with Gasteiger partial charge in [-0.15, -0.1) is 5.10 Å². The number of rotatable bonds is 4. The minimum absolute atomic E-state index is 0.0879. The van der Waals surface area contributed by atoms with Crippen LogP contribution < -0.4 is 0 Å². The van der Waals surface area contributed by atoms with Crippen molar-refractivity contribution in [1.82, 2.24) is 14.7 Å². The Bertz CT molecular complexity index is 439. The minimum atomic E-state index is -0.0879. The molecule has 5 heteroatoms. The molecule has 2 rings (SSSR count). The summed E-state index contributed by atoms with van der Waals surface area (Å²) in [5, 5.41) is 4.48. The molecule has 1 fully saturated rings. The summed E-state index contributed by atoms with van der Waals surface area (Å²) in [5.41, 5.74) is -0.0879. The Morgan fingerprint density at radius 2 is 2.12 bits per heavy atom. The molecule has 1 heterocycles. The molecule has 96 valence electrons. The highest BCUT2D eigenvalue weighted by atomic mass is 32.1. The van der Waals surface area contributed by atoms with Gasteiger partial charge in [0.05, 0.1) is 6.67 Å². The van der Waals surface area contributed by atoms with Crippen LogP contribution in [0.1, 0.15) is 46.4 Å². The lowest BCUT2D eigenvalue weighted by Gasteiger charge is -2.18. The van der Waals surface area contributed by atoms with E-state index in [4.69, 9.17) is 16.6 Å². The van der Waals surface area contributed by atoms with Crippen LogP contribution in [0.4, 0.5) is 0 Å². The van der Waals surface area contributed by atoms with E-state index < -0.39 is 0 Å². The van der Waals surface area contributed by atoms with E-state index in [-0.39, 0.29) is 5.41 Å². The summed E-state index contributed by atoms with van der Waals surface area (Å²) in [6, 6.07) is 0.719. The van der Waals surface area contributed by atoms with Crippen LogP contribution in [0.15, 0.2) is 4.42 Å². The monoisotopic (exact) mass is 255 g/mol. The summed E-state index contributed by atoms with van der Waals surface area (Å²) < 4.78 is 7.37. The van der Waals surface area contributed by atoms with Gasteiger partial charge < -0.3 is 4.42 Å². The van der Waals surface area contributed by atoms with Crippen LogP contribution in [0.5, 0.6) is 0 Å². The molecule has 1 aliphatic carbocycles. The summed E-state index contributed by atoms with van der Waals surface area (Å²) in [5.74, 6) is 0.717. The maximum atomic E-state index is 5.56. The second-order valence-electron chi connectivity index (χ2n) is 5.70. The van der Waals surface area contributed by atoms with E-state index in [1.165, 1.54) is 12.8 Å². The third-order valence-electron chi connectivity index (χ3n) is 3.03. The molecule has 1 saturated carbocycles. The van der Waals surface area contributed by atoms with Crippen molar-refractivity contribution in [3.05, 3.63) is 10.7 Å². The first-order valence-electron chi connectivity index (χ1n) is 6.24. The fourth-order valence-corrected chi connectivity index (χ4v) is 1.96. The first-order valence-corrected chi connectivity index (χ1v) is 6.65. The van der Waals surface area contributed by atoms with Crippen molar-refractivity contribution in [1.29, 1.82) is 0 Å². The number of hydrogen-bond donors (Lipinski definition) is 0. The van der Waals surface area contributed by atoms with Crippen molar-refractivity contribution >= 4 is 12.2 Å². The van der Waals surface area contributed by atoms with E-state index in [9.17, 15) is 0 Å². The molecule has 0 amide bonds. The quantitative estimate of drug-likeness (QED) is 0.775. The van der Waals surface area contributed by atoms with E-state index in [2.05, 4.69) is 37.7 Å². The van der Waals surface area contributed by atoms with Gasteiger partial charge >= 0.3 is 0 Å². The van der Waals surface area contributed by atoms with E-state index in [0.717, 1.165) is 19.3 Å². The van der Waals surface area contributed by atoms with Crippen LogP contribution in [0.3, 0.4) is 0 Å². The molecule has 4 nitrogen and oxygen atoms in total. The average molecular weight is 255 g/mol. The number of aromatic nitrogens is 2. The molecule has 1 aromatic rings. The highest BCUT2D eigenvalue weighted by molar-refractivity contribution is 7.71. The number of nitrogens with zero attached hydrogens (tertiary/aromatic N) is 3. The standard InChI is InChI=1S/C12H21N3OS/c1-5-14(9-6-7-9)8-15-11(17)16-10(13-15)12(2,3)4/h9H,5-8H2,1-4H3. The van der Waals surface area contributed by atoms with Crippen LogP contribution in [0.2, 0.25) is 0 Å². The first-order chi connectivity index (χ1) is 7.91. The van der Waals surface area contributed by atoms with Gasteiger partial charge in [-0.05, 0) is 31.6 Å². The van der Waals surface area contributed by atoms with Crippen molar-refractivity contribution < 1.29 is 4.42 Å². The third-order valence-corrected chi connectivity index (χ3v) is 3.33. The Morgan fingerprint density at radius 3 is 2.53 bits per heavy atom. The number of hydrogen-bond acceptors (Lipinski definition) is 4.